The zero-order valence-corrected chi connectivity index (χ0v) is 12.2. The molecule has 2 fully saturated rings. The molecule has 4 nitrogen and oxygen atoms in total. The van der Waals surface area contributed by atoms with Gasteiger partial charge in [-0.2, -0.15) is 0 Å². The van der Waals surface area contributed by atoms with E-state index < -0.39 is 5.54 Å². The van der Waals surface area contributed by atoms with Crippen LogP contribution in [-0.2, 0) is 4.79 Å². The van der Waals surface area contributed by atoms with Crippen LogP contribution >= 0.6 is 11.6 Å². The van der Waals surface area contributed by atoms with E-state index in [0.29, 0.717) is 5.02 Å². The molecule has 3 rings (SSSR count). The topological polar surface area (TPSA) is 58.4 Å². The third-order valence-electron chi connectivity index (χ3n) is 4.63. The van der Waals surface area contributed by atoms with E-state index in [1.54, 1.807) is 0 Å². The Hall–Kier alpha value is -1.26. The van der Waals surface area contributed by atoms with E-state index in [1.165, 1.54) is 12.8 Å². The molecule has 2 heterocycles. The maximum atomic E-state index is 12.2. The number of carbonyl (C=O) groups is 1. The lowest BCUT2D eigenvalue weighted by atomic mass is 9.84. The summed E-state index contributed by atoms with van der Waals surface area (Å²) >= 11 is 5.91. The number of benzene rings is 1. The Morgan fingerprint density at radius 3 is 2.75 bits per heavy atom. The van der Waals surface area contributed by atoms with Crippen LogP contribution < -0.4 is 11.1 Å². The highest BCUT2D eigenvalue weighted by Crippen LogP contribution is 2.37. The molecule has 1 aromatic rings. The summed E-state index contributed by atoms with van der Waals surface area (Å²) in [5.74, 6) is -0.248. The highest BCUT2D eigenvalue weighted by molar-refractivity contribution is 6.30. The number of anilines is 1. The van der Waals surface area contributed by atoms with Gasteiger partial charge in [0.2, 0.25) is 5.91 Å². The molecule has 108 valence electrons. The van der Waals surface area contributed by atoms with Crippen molar-refractivity contribution in [2.24, 2.45) is 5.73 Å². The largest absolute Gasteiger partial charge is 0.370 e. The highest BCUT2D eigenvalue weighted by Gasteiger charge is 2.52. The summed E-state index contributed by atoms with van der Waals surface area (Å²) in [5.41, 5.74) is 6.02. The first-order valence-electron chi connectivity index (χ1n) is 7.19. The molecule has 0 spiro atoms. The van der Waals surface area contributed by atoms with Gasteiger partial charge in [-0.3, -0.25) is 9.69 Å². The number of amides is 1. The van der Waals surface area contributed by atoms with Gasteiger partial charge in [0.25, 0.3) is 0 Å². The zero-order chi connectivity index (χ0) is 14.2. The van der Waals surface area contributed by atoms with E-state index in [9.17, 15) is 4.79 Å². The first kappa shape index (κ1) is 13.7. The number of fused-ring (bicyclic) bond motifs is 1. The molecule has 1 amide bonds. The van der Waals surface area contributed by atoms with Gasteiger partial charge in [-0.25, -0.2) is 0 Å². The van der Waals surface area contributed by atoms with Crippen LogP contribution in [0.2, 0.25) is 5.02 Å². The fourth-order valence-corrected chi connectivity index (χ4v) is 3.71. The summed E-state index contributed by atoms with van der Waals surface area (Å²) in [5, 5.41) is 4.09. The molecule has 2 aliphatic rings. The first-order valence-corrected chi connectivity index (χ1v) is 7.57. The second kappa shape index (κ2) is 5.26. The minimum absolute atomic E-state index is 0.212. The lowest BCUT2D eigenvalue weighted by Gasteiger charge is -2.39. The summed E-state index contributed by atoms with van der Waals surface area (Å²) in [6.07, 6.45) is 4.18. The fraction of sp³-hybridized carbons (Fsp3) is 0.533. The molecule has 0 radical (unpaired) electrons. The number of nitrogens with one attached hydrogen (secondary N) is 1. The molecule has 0 aromatic heterocycles. The van der Waals surface area contributed by atoms with Gasteiger partial charge >= 0.3 is 0 Å². The van der Waals surface area contributed by atoms with Crippen LogP contribution in [0.4, 0.5) is 5.69 Å². The van der Waals surface area contributed by atoms with Crippen molar-refractivity contribution in [3.63, 3.8) is 0 Å². The molecule has 2 unspecified atom stereocenters. The van der Waals surface area contributed by atoms with E-state index in [1.807, 2.05) is 24.3 Å². The Morgan fingerprint density at radius 2 is 2.05 bits per heavy atom. The maximum Gasteiger partial charge on any atom is 0.244 e. The summed E-state index contributed by atoms with van der Waals surface area (Å²) in [7, 11) is 0. The van der Waals surface area contributed by atoms with E-state index in [4.69, 9.17) is 17.3 Å². The smallest absolute Gasteiger partial charge is 0.244 e. The van der Waals surface area contributed by atoms with Crippen molar-refractivity contribution < 1.29 is 4.79 Å². The van der Waals surface area contributed by atoms with E-state index in [2.05, 4.69) is 10.2 Å². The molecular formula is C15H20ClN3O. The van der Waals surface area contributed by atoms with Crippen LogP contribution in [0.25, 0.3) is 0 Å². The minimum atomic E-state index is -0.645. The van der Waals surface area contributed by atoms with Crippen molar-refractivity contribution in [3.8, 4) is 0 Å². The number of hydrogen-bond donors (Lipinski definition) is 2. The second-order valence-corrected chi connectivity index (χ2v) is 6.20. The summed E-state index contributed by atoms with van der Waals surface area (Å²) in [6, 6.07) is 7.67. The van der Waals surface area contributed by atoms with Gasteiger partial charge in [-0.15, -0.1) is 0 Å². The van der Waals surface area contributed by atoms with Gasteiger partial charge in [0, 0.05) is 23.3 Å². The minimum Gasteiger partial charge on any atom is -0.370 e. The molecule has 3 N–H and O–H groups in total. The summed E-state index contributed by atoms with van der Waals surface area (Å²) in [4.78, 5) is 14.6. The third-order valence-corrected chi connectivity index (χ3v) is 4.88. The van der Waals surface area contributed by atoms with Crippen LogP contribution in [0.5, 0.6) is 0 Å². The molecule has 0 aliphatic carbocycles. The predicted molar refractivity (Wildman–Crippen MR) is 80.8 cm³/mol. The second-order valence-electron chi connectivity index (χ2n) is 5.77. The van der Waals surface area contributed by atoms with Crippen molar-refractivity contribution in [1.82, 2.24) is 4.90 Å². The van der Waals surface area contributed by atoms with Crippen molar-refractivity contribution >= 4 is 23.2 Å². The van der Waals surface area contributed by atoms with Crippen LogP contribution in [0, 0.1) is 0 Å². The third kappa shape index (κ3) is 2.27. The zero-order valence-electron chi connectivity index (χ0n) is 11.4. The molecule has 5 heteroatoms. The SMILES string of the molecule is NC(=O)C1(Nc2ccc(Cl)cc2)CCN2CCCCC21. The Bertz CT molecular complexity index is 504. The molecular weight excluding hydrogens is 274 g/mol. The van der Waals surface area contributed by atoms with Crippen molar-refractivity contribution in [2.75, 3.05) is 18.4 Å². The lowest BCUT2D eigenvalue weighted by molar-refractivity contribution is -0.123. The Balaban J connectivity index is 1.88. The van der Waals surface area contributed by atoms with Crippen LogP contribution in [0.3, 0.4) is 0 Å². The number of primary amides is 1. The molecule has 0 bridgehead atoms. The number of nitrogens with two attached hydrogens (primary N) is 1. The highest BCUT2D eigenvalue weighted by atomic mass is 35.5. The molecule has 2 saturated heterocycles. The van der Waals surface area contributed by atoms with E-state index in [0.717, 1.165) is 31.6 Å². The lowest BCUT2D eigenvalue weighted by Crippen LogP contribution is -2.59. The number of carbonyl (C=O) groups excluding carboxylic acids is 1. The number of rotatable bonds is 3. The first-order chi connectivity index (χ1) is 9.62. The number of hydrogen-bond acceptors (Lipinski definition) is 3. The Labute approximate surface area is 124 Å². The van der Waals surface area contributed by atoms with Gasteiger partial charge in [0.15, 0.2) is 0 Å². The average Bonchev–Trinajstić information content (AvgIpc) is 2.82. The van der Waals surface area contributed by atoms with Crippen molar-refractivity contribution in [2.45, 2.75) is 37.3 Å². The number of nitrogens with zero attached hydrogens (tertiary/aromatic N) is 1. The molecule has 2 aliphatic heterocycles. The van der Waals surface area contributed by atoms with Gasteiger partial charge in [-0.05, 0) is 50.1 Å². The van der Waals surface area contributed by atoms with Gasteiger partial charge in [0.05, 0.1) is 0 Å². The monoisotopic (exact) mass is 293 g/mol. The summed E-state index contributed by atoms with van der Waals surface area (Å²) < 4.78 is 0. The van der Waals surface area contributed by atoms with E-state index >= 15 is 0 Å². The maximum absolute atomic E-state index is 12.2. The van der Waals surface area contributed by atoms with Crippen molar-refractivity contribution in [1.29, 1.82) is 0 Å². The Kier molecular flexibility index (Phi) is 3.61. The predicted octanol–water partition coefficient (Wildman–Crippen LogP) is 2.23. The molecule has 0 saturated carbocycles. The Morgan fingerprint density at radius 1 is 1.30 bits per heavy atom. The number of halogens is 1. The van der Waals surface area contributed by atoms with Crippen molar-refractivity contribution in [3.05, 3.63) is 29.3 Å². The van der Waals surface area contributed by atoms with Gasteiger partial charge < -0.3 is 11.1 Å². The molecule has 1 aromatic carbocycles. The summed E-state index contributed by atoms with van der Waals surface area (Å²) in [6.45, 7) is 2.01. The van der Waals surface area contributed by atoms with Crippen LogP contribution in [0.1, 0.15) is 25.7 Å². The normalized spacial score (nSPS) is 29.9. The van der Waals surface area contributed by atoms with E-state index in [-0.39, 0.29) is 11.9 Å². The van der Waals surface area contributed by atoms with Gasteiger partial charge in [0.1, 0.15) is 5.54 Å². The molecule has 20 heavy (non-hydrogen) atoms. The quantitative estimate of drug-likeness (QED) is 0.898. The average molecular weight is 294 g/mol. The molecule has 2 atom stereocenters. The standard InChI is InChI=1S/C15H20ClN3O/c16-11-4-6-12(7-5-11)18-15(14(17)20)8-10-19-9-2-1-3-13(15)19/h4-7,13,18H,1-3,8-10H2,(H2,17,20). The fourth-order valence-electron chi connectivity index (χ4n) is 3.59. The van der Waals surface area contributed by atoms with Crippen LogP contribution in [0.15, 0.2) is 24.3 Å². The number of piperidine rings is 1. The van der Waals surface area contributed by atoms with Crippen LogP contribution in [-0.4, -0.2) is 35.5 Å². The van der Waals surface area contributed by atoms with Gasteiger partial charge in [-0.1, -0.05) is 18.0 Å².